The number of carbonyl (C=O) groups excluding carboxylic acids is 3. The van der Waals surface area contributed by atoms with Crippen molar-refractivity contribution in [3.8, 4) is 0 Å². The first-order valence-corrected chi connectivity index (χ1v) is 11.0. The van der Waals surface area contributed by atoms with Crippen molar-refractivity contribution in [2.24, 2.45) is 16.8 Å². The summed E-state index contributed by atoms with van der Waals surface area (Å²) in [5, 5.41) is 3.07. The monoisotopic (exact) mass is 424 g/mol. The molecule has 2 heterocycles. The minimum atomic E-state index is -0.753. The molecule has 164 valence electrons. The molecule has 1 amide bonds. The van der Waals surface area contributed by atoms with Crippen LogP contribution in [0.15, 0.2) is 40.5 Å². The van der Waals surface area contributed by atoms with E-state index < -0.39 is 23.8 Å². The number of nitrogens with zero attached hydrogens (tertiary/aromatic N) is 1. The van der Waals surface area contributed by atoms with Crippen molar-refractivity contribution in [3.05, 3.63) is 41.1 Å². The highest BCUT2D eigenvalue weighted by Gasteiger charge is 2.46. The Morgan fingerprint density at radius 3 is 2.68 bits per heavy atom. The number of rotatable bonds is 5. The number of benzene rings is 1. The molecule has 3 aliphatic rings. The molecule has 1 fully saturated rings. The van der Waals surface area contributed by atoms with E-state index in [0.717, 1.165) is 25.7 Å². The molecule has 7 heteroatoms. The fourth-order valence-electron chi connectivity index (χ4n) is 4.85. The Morgan fingerprint density at radius 2 is 1.94 bits per heavy atom. The second kappa shape index (κ2) is 9.04. The number of aliphatic imine (C=N–C) groups is 1. The molecular formula is C24H28N2O5. The molecule has 0 spiro atoms. The maximum absolute atomic E-state index is 12.9. The average Bonchev–Trinajstić information content (AvgIpc) is 3.14. The Bertz CT molecular complexity index is 958. The number of nitrogens with one attached hydrogen (secondary N) is 1. The van der Waals surface area contributed by atoms with Gasteiger partial charge in [0.2, 0.25) is 5.91 Å². The molecule has 0 aromatic heterocycles. The maximum atomic E-state index is 12.9. The standard InChI is InChI=1S/C24H28N2O5/c1-3-30-23(28)19-14(2)25-18-13-31-24(29)21(18)20(19)16-11-7-8-12-17(16)26-22(27)15-9-5-4-6-10-15/h7-8,11-12,15,19-20H,3-6,9-10,13H2,1-2H3,(H,26,27). The Labute approximate surface area is 181 Å². The van der Waals surface area contributed by atoms with E-state index in [1.165, 1.54) is 6.42 Å². The van der Waals surface area contributed by atoms with Gasteiger partial charge in [0.05, 0.1) is 17.9 Å². The van der Waals surface area contributed by atoms with Gasteiger partial charge in [-0.1, -0.05) is 37.5 Å². The van der Waals surface area contributed by atoms with Crippen LogP contribution in [-0.2, 0) is 23.9 Å². The Hall–Kier alpha value is -2.96. The highest BCUT2D eigenvalue weighted by Crippen LogP contribution is 2.44. The minimum absolute atomic E-state index is 0.00997. The molecular weight excluding hydrogens is 396 g/mol. The number of esters is 2. The summed E-state index contributed by atoms with van der Waals surface area (Å²) in [5.41, 5.74) is 2.81. The molecule has 1 aromatic rings. The van der Waals surface area contributed by atoms with Gasteiger partial charge in [-0.15, -0.1) is 0 Å². The zero-order valence-electron chi connectivity index (χ0n) is 18.0. The van der Waals surface area contributed by atoms with Crippen LogP contribution >= 0.6 is 0 Å². The number of para-hydroxylation sites is 1. The fraction of sp³-hybridized carbons (Fsp3) is 0.500. The molecule has 2 atom stereocenters. The summed E-state index contributed by atoms with van der Waals surface area (Å²) in [7, 11) is 0. The topological polar surface area (TPSA) is 94.1 Å². The second-order valence-corrected chi connectivity index (χ2v) is 8.31. The summed E-state index contributed by atoms with van der Waals surface area (Å²) in [5.74, 6) is -2.30. The lowest BCUT2D eigenvalue weighted by atomic mass is 9.75. The lowest BCUT2D eigenvalue weighted by Gasteiger charge is -2.31. The van der Waals surface area contributed by atoms with Crippen molar-refractivity contribution in [1.82, 2.24) is 0 Å². The Balaban J connectivity index is 1.73. The van der Waals surface area contributed by atoms with Crippen molar-refractivity contribution < 1.29 is 23.9 Å². The largest absolute Gasteiger partial charge is 0.465 e. The van der Waals surface area contributed by atoms with Gasteiger partial charge >= 0.3 is 11.9 Å². The van der Waals surface area contributed by atoms with E-state index in [2.05, 4.69) is 10.3 Å². The third-order valence-electron chi connectivity index (χ3n) is 6.35. The SMILES string of the molecule is CCOC(=O)C1C(C)=NC2=C(C(=O)OC2)C1c1ccccc1NC(=O)C1CCCCC1. The number of carbonyl (C=O) groups is 3. The molecule has 0 saturated heterocycles. The Morgan fingerprint density at radius 1 is 1.19 bits per heavy atom. The number of cyclic esters (lactones) is 1. The Kier molecular flexibility index (Phi) is 6.20. The third-order valence-corrected chi connectivity index (χ3v) is 6.35. The number of amides is 1. The van der Waals surface area contributed by atoms with E-state index in [4.69, 9.17) is 9.47 Å². The number of hydrogen-bond donors (Lipinski definition) is 1. The van der Waals surface area contributed by atoms with Crippen LogP contribution in [0.2, 0.25) is 0 Å². The van der Waals surface area contributed by atoms with Gasteiger partial charge in [-0.25, -0.2) is 4.79 Å². The first-order chi connectivity index (χ1) is 15.0. The highest BCUT2D eigenvalue weighted by atomic mass is 16.5. The smallest absolute Gasteiger partial charge is 0.337 e. The van der Waals surface area contributed by atoms with Crippen LogP contribution in [0.4, 0.5) is 5.69 Å². The van der Waals surface area contributed by atoms with Gasteiger partial charge in [0.1, 0.15) is 12.5 Å². The van der Waals surface area contributed by atoms with E-state index in [1.54, 1.807) is 13.8 Å². The maximum Gasteiger partial charge on any atom is 0.337 e. The normalized spacial score (nSPS) is 23.7. The molecule has 1 N–H and O–H groups in total. The number of ether oxygens (including phenoxy) is 2. The van der Waals surface area contributed by atoms with Gasteiger partial charge < -0.3 is 14.8 Å². The molecule has 4 rings (SSSR count). The zero-order chi connectivity index (χ0) is 22.0. The van der Waals surface area contributed by atoms with Crippen molar-refractivity contribution in [2.45, 2.75) is 51.9 Å². The molecule has 2 unspecified atom stereocenters. The lowest BCUT2D eigenvalue weighted by Crippen LogP contribution is -2.36. The average molecular weight is 424 g/mol. The lowest BCUT2D eigenvalue weighted by molar-refractivity contribution is -0.146. The number of anilines is 1. The second-order valence-electron chi connectivity index (χ2n) is 8.31. The van der Waals surface area contributed by atoms with E-state index >= 15 is 0 Å². The van der Waals surface area contributed by atoms with E-state index in [-0.39, 0.29) is 25.0 Å². The van der Waals surface area contributed by atoms with Crippen molar-refractivity contribution in [1.29, 1.82) is 0 Å². The quantitative estimate of drug-likeness (QED) is 0.727. The van der Waals surface area contributed by atoms with Crippen LogP contribution in [0.3, 0.4) is 0 Å². The molecule has 2 aliphatic heterocycles. The predicted molar refractivity (Wildman–Crippen MR) is 116 cm³/mol. The first-order valence-electron chi connectivity index (χ1n) is 11.0. The summed E-state index contributed by atoms with van der Waals surface area (Å²) in [6, 6.07) is 7.35. The molecule has 1 aromatic carbocycles. The van der Waals surface area contributed by atoms with Gasteiger partial charge in [-0.2, -0.15) is 0 Å². The van der Waals surface area contributed by atoms with Crippen LogP contribution in [0.1, 0.15) is 57.4 Å². The highest BCUT2D eigenvalue weighted by molar-refractivity contribution is 6.08. The van der Waals surface area contributed by atoms with Crippen LogP contribution in [0, 0.1) is 11.8 Å². The van der Waals surface area contributed by atoms with Crippen molar-refractivity contribution >= 4 is 29.2 Å². The molecule has 0 radical (unpaired) electrons. The minimum Gasteiger partial charge on any atom is -0.465 e. The first kappa shape index (κ1) is 21.3. The van der Waals surface area contributed by atoms with Crippen LogP contribution in [0.5, 0.6) is 0 Å². The van der Waals surface area contributed by atoms with Crippen LogP contribution in [0.25, 0.3) is 0 Å². The molecule has 1 aliphatic carbocycles. The predicted octanol–water partition coefficient (Wildman–Crippen LogP) is 3.75. The van der Waals surface area contributed by atoms with Gasteiger partial charge in [-0.3, -0.25) is 14.6 Å². The van der Waals surface area contributed by atoms with Crippen LogP contribution in [-0.4, -0.2) is 36.8 Å². The summed E-state index contributed by atoms with van der Waals surface area (Å²) in [4.78, 5) is 42.9. The van der Waals surface area contributed by atoms with Gasteiger partial charge in [0.25, 0.3) is 0 Å². The summed E-state index contributed by atoms with van der Waals surface area (Å²) in [6.07, 6.45) is 5.06. The van der Waals surface area contributed by atoms with Gasteiger partial charge in [0, 0.05) is 23.2 Å². The molecule has 31 heavy (non-hydrogen) atoms. The van der Waals surface area contributed by atoms with E-state index in [9.17, 15) is 14.4 Å². The molecule has 0 bridgehead atoms. The van der Waals surface area contributed by atoms with Crippen molar-refractivity contribution in [3.63, 3.8) is 0 Å². The summed E-state index contributed by atoms with van der Waals surface area (Å²) < 4.78 is 10.6. The molecule has 1 saturated carbocycles. The van der Waals surface area contributed by atoms with Gasteiger partial charge in [0.15, 0.2) is 0 Å². The molecule has 7 nitrogen and oxygen atoms in total. The number of hydrogen-bond acceptors (Lipinski definition) is 6. The fourth-order valence-corrected chi connectivity index (χ4v) is 4.85. The third kappa shape index (κ3) is 4.13. The summed E-state index contributed by atoms with van der Waals surface area (Å²) >= 11 is 0. The summed E-state index contributed by atoms with van der Waals surface area (Å²) in [6.45, 7) is 3.83. The zero-order valence-corrected chi connectivity index (χ0v) is 18.0. The van der Waals surface area contributed by atoms with E-state index in [0.29, 0.717) is 28.2 Å². The van der Waals surface area contributed by atoms with Crippen molar-refractivity contribution in [2.75, 3.05) is 18.5 Å². The van der Waals surface area contributed by atoms with E-state index in [1.807, 2.05) is 24.3 Å². The van der Waals surface area contributed by atoms with Gasteiger partial charge in [-0.05, 0) is 38.3 Å². The van der Waals surface area contributed by atoms with Crippen LogP contribution < -0.4 is 5.32 Å².